The van der Waals surface area contributed by atoms with E-state index in [1.807, 2.05) is 0 Å². The summed E-state index contributed by atoms with van der Waals surface area (Å²) in [6.07, 6.45) is 0. The Labute approximate surface area is 193 Å². The van der Waals surface area contributed by atoms with Crippen molar-refractivity contribution in [2.45, 2.75) is 40.7 Å². The molecule has 1 amide bonds. The Morgan fingerprint density at radius 1 is 1.21 bits per heavy atom. The second-order valence-electron chi connectivity index (χ2n) is 8.25. The number of aryl methyl sites for hydroxylation is 2. The van der Waals surface area contributed by atoms with Crippen molar-refractivity contribution >= 4 is 23.4 Å². The quantitative estimate of drug-likeness (QED) is 0.257. The Morgan fingerprint density at radius 2 is 1.88 bits per heavy atom. The lowest BCUT2D eigenvalue weighted by molar-refractivity contribution is -0.895. The zero-order chi connectivity index (χ0) is 24.4. The first-order valence-electron chi connectivity index (χ1n) is 11.1. The number of hydrogen-bond donors (Lipinski definition) is 2. The van der Waals surface area contributed by atoms with Gasteiger partial charge in [-0.05, 0) is 57.9 Å². The maximum Gasteiger partial charge on any atom is 0.354 e. The van der Waals surface area contributed by atoms with Crippen molar-refractivity contribution in [1.82, 2.24) is 9.88 Å². The van der Waals surface area contributed by atoms with Gasteiger partial charge in [0, 0.05) is 11.3 Å². The maximum atomic E-state index is 13.7. The number of furan rings is 1. The summed E-state index contributed by atoms with van der Waals surface area (Å²) in [5.74, 6) is -1.79. The number of ether oxygens (including phenoxy) is 1. The number of hydrogen-bond acceptors (Lipinski definition) is 6. The highest BCUT2D eigenvalue weighted by molar-refractivity contribution is 6.46. The van der Waals surface area contributed by atoms with Gasteiger partial charge in [-0.2, -0.15) is 0 Å². The van der Waals surface area contributed by atoms with Crippen molar-refractivity contribution < 1.29 is 33.5 Å². The fraction of sp³-hybridized carbons (Fsp3) is 0.458. The Bertz CT molecular complexity index is 1110. The molecule has 1 fully saturated rings. The molecule has 1 aliphatic rings. The summed E-state index contributed by atoms with van der Waals surface area (Å²) in [6.45, 7) is 11.8. The van der Waals surface area contributed by atoms with Gasteiger partial charge in [-0.25, -0.2) is 4.79 Å². The normalized spacial score (nSPS) is 17.9. The van der Waals surface area contributed by atoms with Crippen LogP contribution in [0.2, 0.25) is 0 Å². The number of amides is 1. The van der Waals surface area contributed by atoms with Crippen molar-refractivity contribution in [3.8, 4) is 0 Å². The molecule has 0 aliphatic carbocycles. The minimum absolute atomic E-state index is 0.142. The van der Waals surface area contributed by atoms with E-state index in [0.29, 0.717) is 35.9 Å². The summed E-state index contributed by atoms with van der Waals surface area (Å²) < 4.78 is 10.6. The van der Waals surface area contributed by atoms with Crippen LogP contribution in [0, 0.1) is 20.8 Å². The van der Waals surface area contributed by atoms with E-state index in [1.54, 1.807) is 32.9 Å². The number of esters is 1. The molecule has 178 valence electrons. The maximum absolute atomic E-state index is 13.7. The molecular weight excluding hydrogens is 426 g/mol. The number of carbonyl (C=O) groups excluding carboxylic acids is 3. The van der Waals surface area contributed by atoms with Crippen molar-refractivity contribution in [3.05, 3.63) is 51.7 Å². The molecule has 0 spiro atoms. The molecular formula is C24H31N3O6. The topological polar surface area (TPSA) is 120 Å². The van der Waals surface area contributed by atoms with E-state index in [4.69, 9.17) is 9.15 Å². The number of nitrogens with zero attached hydrogens (tertiary/aromatic N) is 1. The first kappa shape index (κ1) is 24.3. The minimum atomic E-state index is -0.920. The second-order valence-corrected chi connectivity index (χ2v) is 8.25. The molecule has 33 heavy (non-hydrogen) atoms. The fourth-order valence-electron chi connectivity index (χ4n) is 4.41. The van der Waals surface area contributed by atoms with Gasteiger partial charge in [0.2, 0.25) is 5.78 Å². The van der Waals surface area contributed by atoms with Crippen LogP contribution in [0.3, 0.4) is 0 Å². The standard InChI is InChI=1S/C24H31N3O6/c1-7-26(8-2)11-12-27-20(16-10-9-13(3)33-16)18(22(29)23(27)30)21(28)17-14(4)19(24(31)32-6)25-15(17)5/h9-10,20,25,28H,7-8,11-12H2,1-6H3/b21-18+. The van der Waals surface area contributed by atoms with Gasteiger partial charge >= 0.3 is 5.97 Å². The highest BCUT2D eigenvalue weighted by Gasteiger charge is 2.46. The summed E-state index contributed by atoms with van der Waals surface area (Å²) in [4.78, 5) is 43.8. The van der Waals surface area contributed by atoms with Crippen LogP contribution in [-0.4, -0.2) is 60.8 Å². The monoisotopic (exact) mass is 457 g/mol. The molecule has 2 aromatic rings. The smallest absolute Gasteiger partial charge is 0.354 e. The van der Waals surface area contributed by atoms with E-state index in [1.165, 1.54) is 16.9 Å². The molecule has 1 saturated heterocycles. The number of carbonyl (C=O) groups is 3. The molecule has 9 nitrogen and oxygen atoms in total. The number of aromatic nitrogens is 1. The van der Waals surface area contributed by atoms with Gasteiger partial charge in [0.05, 0.1) is 33.3 Å². The number of rotatable bonds is 8. The van der Waals surface area contributed by atoms with Gasteiger partial charge < -0.3 is 29.0 Å². The zero-order valence-corrected chi connectivity index (χ0v) is 20.0. The largest absolute Gasteiger partial charge is 0.872 e. The summed E-state index contributed by atoms with van der Waals surface area (Å²) in [5.41, 5.74) is 0.966. The Kier molecular flexibility index (Phi) is 7.12. The van der Waals surface area contributed by atoms with Gasteiger partial charge in [0.1, 0.15) is 23.3 Å². The van der Waals surface area contributed by atoms with E-state index in [0.717, 1.165) is 13.1 Å². The lowest BCUT2D eigenvalue weighted by Gasteiger charge is -2.27. The third-order valence-electron chi connectivity index (χ3n) is 6.32. The molecule has 2 N–H and O–H groups in total. The van der Waals surface area contributed by atoms with Crippen LogP contribution >= 0.6 is 0 Å². The molecule has 1 unspecified atom stereocenters. The van der Waals surface area contributed by atoms with Gasteiger partial charge in [-0.1, -0.05) is 5.76 Å². The number of likely N-dealkylation sites (tertiary alicyclic amines) is 1. The SMILES string of the molecule is CC[NH+](CC)CCN1C(=O)C(=O)/C(=C(/[O-])c2c(C)[nH]c(C(=O)OC)c2C)C1c1ccc(C)o1. The van der Waals surface area contributed by atoms with E-state index in [9.17, 15) is 19.5 Å². The zero-order valence-electron chi connectivity index (χ0n) is 20.0. The van der Waals surface area contributed by atoms with E-state index < -0.39 is 29.5 Å². The van der Waals surface area contributed by atoms with Crippen LogP contribution in [0.4, 0.5) is 0 Å². The van der Waals surface area contributed by atoms with Crippen LogP contribution in [-0.2, 0) is 14.3 Å². The van der Waals surface area contributed by atoms with Crippen LogP contribution in [0.25, 0.3) is 5.76 Å². The Morgan fingerprint density at radius 3 is 2.42 bits per heavy atom. The lowest BCUT2D eigenvalue weighted by Crippen LogP contribution is -3.12. The number of methoxy groups -OCH3 is 1. The molecule has 0 aromatic carbocycles. The van der Waals surface area contributed by atoms with Gasteiger partial charge in [-0.3, -0.25) is 9.59 Å². The number of Topliss-reactive ketones (excluding diaryl/α,β-unsaturated/α-hetero) is 1. The molecule has 3 heterocycles. The first-order chi connectivity index (χ1) is 15.7. The predicted octanol–water partition coefficient (Wildman–Crippen LogP) is 0.468. The Balaban J connectivity index is 2.15. The number of quaternary nitrogens is 1. The highest BCUT2D eigenvalue weighted by atomic mass is 16.5. The van der Waals surface area contributed by atoms with Crippen LogP contribution < -0.4 is 10.0 Å². The van der Waals surface area contributed by atoms with Gasteiger partial charge in [0.15, 0.2) is 0 Å². The van der Waals surface area contributed by atoms with Crippen molar-refractivity contribution in [3.63, 3.8) is 0 Å². The highest BCUT2D eigenvalue weighted by Crippen LogP contribution is 2.40. The lowest BCUT2D eigenvalue weighted by atomic mass is 9.97. The molecule has 0 saturated carbocycles. The van der Waals surface area contributed by atoms with Crippen LogP contribution in [0.15, 0.2) is 22.1 Å². The predicted molar refractivity (Wildman–Crippen MR) is 118 cm³/mol. The summed E-state index contributed by atoms with van der Waals surface area (Å²) >= 11 is 0. The van der Waals surface area contributed by atoms with E-state index in [-0.39, 0.29) is 16.8 Å². The van der Waals surface area contributed by atoms with Gasteiger partial charge in [0.25, 0.3) is 5.91 Å². The fourth-order valence-corrected chi connectivity index (χ4v) is 4.41. The molecule has 3 rings (SSSR count). The first-order valence-corrected chi connectivity index (χ1v) is 11.1. The Hall–Kier alpha value is -3.33. The summed E-state index contributed by atoms with van der Waals surface area (Å²) in [6, 6.07) is 2.50. The average molecular weight is 458 g/mol. The molecule has 1 atom stereocenters. The third-order valence-corrected chi connectivity index (χ3v) is 6.32. The number of likely N-dealkylation sites (N-methyl/N-ethyl adjacent to an activating group) is 1. The van der Waals surface area contributed by atoms with Crippen molar-refractivity contribution in [2.24, 2.45) is 0 Å². The minimum Gasteiger partial charge on any atom is -0.872 e. The molecule has 9 heteroatoms. The summed E-state index contributed by atoms with van der Waals surface area (Å²) in [7, 11) is 1.25. The molecule has 1 aliphatic heterocycles. The van der Waals surface area contributed by atoms with Crippen LogP contribution in [0.5, 0.6) is 0 Å². The van der Waals surface area contributed by atoms with E-state index >= 15 is 0 Å². The third kappa shape index (κ3) is 4.32. The summed E-state index contributed by atoms with van der Waals surface area (Å²) in [5, 5.41) is 13.7. The van der Waals surface area contributed by atoms with Crippen LogP contribution in [0.1, 0.15) is 58.7 Å². The van der Waals surface area contributed by atoms with Crippen molar-refractivity contribution in [2.75, 3.05) is 33.3 Å². The van der Waals surface area contributed by atoms with E-state index in [2.05, 4.69) is 18.8 Å². The number of nitrogens with one attached hydrogen (secondary N) is 2. The number of ketones is 1. The van der Waals surface area contributed by atoms with Gasteiger partial charge in [-0.15, -0.1) is 0 Å². The molecule has 2 aromatic heterocycles. The average Bonchev–Trinajstić information content (AvgIpc) is 3.42. The number of H-pyrrole nitrogens is 1. The van der Waals surface area contributed by atoms with Crippen molar-refractivity contribution in [1.29, 1.82) is 0 Å². The molecule has 0 radical (unpaired) electrons. The second kappa shape index (κ2) is 9.66. The number of aromatic amines is 1. The molecule has 0 bridgehead atoms.